The zero-order valence-corrected chi connectivity index (χ0v) is 10.9. The van der Waals surface area contributed by atoms with E-state index < -0.39 is 5.56 Å². The van der Waals surface area contributed by atoms with Crippen LogP contribution in [0.15, 0.2) is 4.79 Å². The predicted molar refractivity (Wildman–Crippen MR) is 66.1 cm³/mol. The molecule has 0 saturated carbocycles. The maximum Gasteiger partial charge on any atom is 0.290 e. The van der Waals surface area contributed by atoms with Gasteiger partial charge >= 0.3 is 0 Å². The molecule has 1 aromatic rings. The van der Waals surface area contributed by atoms with E-state index in [2.05, 4.69) is 21.0 Å². The second-order valence-electron chi connectivity index (χ2n) is 3.50. The molecule has 1 heterocycles. The lowest BCUT2D eigenvalue weighted by molar-refractivity contribution is 0.101. The highest BCUT2D eigenvalue weighted by Gasteiger charge is 2.15. The van der Waals surface area contributed by atoms with Crippen molar-refractivity contribution in [1.29, 1.82) is 0 Å². The van der Waals surface area contributed by atoms with Crippen molar-refractivity contribution in [2.75, 3.05) is 11.1 Å². The fourth-order valence-corrected chi connectivity index (χ4v) is 1.77. The van der Waals surface area contributed by atoms with E-state index in [9.17, 15) is 9.59 Å². The first-order valence-corrected chi connectivity index (χ1v) is 6.05. The molecule has 0 spiro atoms. The van der Waals surface area contributed by atoms with Crippen LogP contribution >= 0.6 is 15.9 Å². The number of hydrogen-bond acceptors (Lipinski definition) is 4. The first-order chi connectivity index (χ1) is 7.49. The summed E-state index contributed by atoms with van der Waals surface area (Å²) in [5.74, 6) is -0.229. The largest absolute Gasteiger partial charge is 0.394 e. The average Bonchev–Trinajstić information content (AvgIpc) is 2.21. The summed E-state index contributed by atoms with van der Waals surface area (Å²) in [6.45, 7) is 3.55. The molecule has 0 aliphatic heterocycles. The van der Waals surface area contributed by atoms with Crippen LogP contribution < -0.4 is 11.3 Å². The monoisotopic (exact) mass is 287 g/mol. The number of carbonyl (C=O) groups is 1. The van der Waals surface area contributed by atoms with Gasteiger partial charge in [0.15, 0.2) is 5.78 Å². The van der Waals surface area contributed by atoms with Crippen LogP contribution in [0.2, 0.25) is 0 Å². The number of Topliss-reactive ketones (excluding diaryl/α,β-unsaturated/α-hetero) is 1. The molecule has 0 saturated heterocycles. The van der Waals surface area contributed by atoms with Gasteiger partial charge < -0.3 is 5.73 Å². The number of rotatable bonds is 4. The smallest absolute Gasteiger partial charge is 0.290 e. The summed E-state index contributed by atoms with van der Waals surface area (Å²) in [6.07, 6.45) is 0.783. The molecule has 0 radical (unpaired) electrons. The van der Waals surface area contributed by atoms with Crippen molar-refractivity contribution >= 4 is 27.4 Å². The second-order valence-corrected chi connectivity index (χ2v) is 4.29. The lowest BCUT2D eigenvalue weighted by Crippen LogP contribution is -2.29. The van der Waals surface area contributed by atoms with Gasteiger partial charge in [-0.15, -0.1) is 0 Å². The van der Waals surface area contributed by atoms with Gasteiger partial charge in [-0.05, 0) is 20.3 Å². The van der Waals surface area contributed by atoms with E-state index in [1.807, 2.05) is 0 Å². The average molecular weight is 288 g/mol. The Morgan fingerprint density at radius 2 is 2.19 bits per heavy atom. The molecule has 0 aromatic carbocycles. The van der Waals surface area contributed by atoms with Gasteiger partial charge in [-0.2, -0.15) is 5.10 Å². The molecule has 0 atom stereocenters. The van der Waals surface area contributed by atoms with E-state index in [-0.39, 0.29) is 17.0 Å². The number of nitrogen functional groups attached to an aromatic ring is 1. The molecule has 88 valence electrons. The minimum atomic E-state index is -0.392. The SMILES string of the molecule is CC(=O)c1c(C)nn(CCCBr)c(=O)c1N. The third-order valence-corrected chi connectivity index (χ3v) is 2.78. The van der Waals surface area contributed by atoms with Crippen molar-refractivity contribution in [3.63, 3.8) is 0 Å². The van der Waals surface area contributed by atoms with Crippen LogP contribution in [-0.2, 0) is 6.54 Å². The van der Waals surface area contributed by atoms with Crippen LogP contribution in [0.5, 0.6) is 0 Å². The van der Waals surface area contributed by atoms with Crippen LogP contribution in [0, 0.1) is 6.92 Å². The first kappa shape index (κ1) is 12.9. The maximum atomic E-state index is 11.8. The number of alkyl halides is 1. The molecule has 0 unspecified atom stereocenters. The van der Waals surface area contributed by atoms with Gasteiger partial charge in [-0.3, -0.25) is 9.59 Å². The minimum absolute atomic E-state index is 0.00503. The van der Waals surface area contributed by atoms with E-state index >= 15 is 0 Å². The summed E-state index contributed by atoms with van der Waals surface area (Å²) in [5, 5.41) is 4.86. The van der Waals surface area contributed by atoms with Crippen molar-refractivity contribution in [3.8, 4) is 0 Å². The first-order valence-electron chi connectivity index (χ1n) is 4.93. The number of nitrogens with zero attached hydrogens (tertiary/aromatic N) is 2. The number of nitrogens with two attached hydrogens (primary N) is 1. The molecule has 6 heteroatoms. The highest BCUT2D eigenvalue weighted by molar-refractivity contribution is 9.09. The summed E-state index contributed by atoms with van der Waals surface area (Å²) in [7, 11) is 0. The Morgan fingerprint density at radius 1 is 1.56 bits per heavy atom. The Hall–Kier alpha value is -1.17. The number of anilines is 1. The zero-order chi connectivity index (χ0) is 12.3. The van der Waals surface area contributed by atoms with E-state index in [0.717, 1.165) is 11.8 Å². The van der Waals surface area contributed by atoms with E-state index in [1.54, 1.807) is 6.92 Å². The Morgan fingerprint density at radius 3 is 2.69 bits per heavy atom. The number of aryl methyl sites for hydroxylation is 2. The summed E-state index contributed by atoms with van der Waals surface area (Å²) in [5.41, 5.74) is 5.99. The normalized spacial score (nSPS) is 10.4. The summed E-state index contributed by atoms with van der Waals surface area (Å²) in [4.78, 5) is 23.0. The van der Waals surface area contributed by atoms with Crippen molar-refractivity contribution < 1.29 is 4.79 Å². The predicted octanol–water partition coefficient (Wildman–Crippen LogP) is 1.12. The molecule has 1 aromatic heterocycles. The van der Waals surface area contributed by atoms with Crippen LogP contribution in [0.25, 0.3) is 0 Å². The van der Waals surface area contributed by atoms with Gasteiger partial charge in [-0.1, -0.05) is 15.9 Å². The van der Waals surface area contributed by atoms with Crippen LogP contribution in [0.3, 0.4) is 0 Å². The van der Waals surface area contributed by atoms with Crippen LogP contribution in [-0.4, -0.2) is 20.9 Å². The molecule has 1 rings (SSSR count). The lowest BCUT2D eigenvalue weighted by Gasteiger charge is -2.09. The topological polar surface area (TPSA) is 78.0 Å². The molecule has 16 heavy (non-hydrogen) atoms. The van der Waals surface area contributed by atoms with E-state index in [0.29, 0.717) is 12.2 Å². The van der Waals surface area contributed by atoms with E-state index in [1.165, 1.54) is 11.6 Å². The van der Waals surface area contributed by atoms with Crippen molar-refractivity contribution in [2.24, 2.45) is 0 Å². The standard InChI is InChI=1S/C10H14BrN3O2/c1-6-8(7(2)15)9(12)10(16)14(13-6)5-3-4-11/h3-5,12H2,1-2H3. The Balaban J connectivity index is 3.28. The summed E-state index contributed by atoms with van der Waals surface area (Å²) in [6, 6.07) is 0. The molecule has 0 fully saturated rings. The molecule has 2 N–H and O–H groups in total. The quantitative estimate of drug-likeness (QED) is 0.665. The minimum Gasteiger partial charge on any atom is -0.394 e. The van der Waals surface area contributed by atoms with Gasteiger partial charge in [-0.25, -0.2) is 4.68 Å². The molecule has 0 amide bonds. The summed E-state index contributed by atoms with van der Waals surface area (Å²) < 4.78 is 1.30. The molecule has 5 nitrogen and oxygen atoms in total. The Labute approximate surface area is 102 Å². The Kier molecular flexibility index (Phi) is 4.23. The third-order valence-electron chi connectivity index (χ3n) is 2.22. The van der Waals surface area contributed by atoms with Crippen LogP contribution in [0.1, 0.15) is 29.4 Å². The lowest BCUT2D eigenvalue weighted by atomic mass is 10.1. The number of aromatic nitrogens is 2. The molecular weight excluding hydrogens is 274 g/mol. The number of ketones is 1. The van der Waals surface area contributed by atoms with Gasteiger partial charge in [0.05, 0.1) is 11.3 Å². The fraction of sp³-hybridized carbons (Fsp3) is 0.500. The maximum absolute atomic E-state index is 11.8. The molecule has 0 aliphatic rings. The van der Waals surface area contributed by atoms with Gasteiger partial charge in [0.25, 0.3) is 5.56 Å². The van der Waals surface area contributed by atoms with Gasteiger partial charge in [0.2, 0.25) is 0 Å². The van der Waals surface area contributed by atoms with Gasteiger partial charge in [0.1, 0.15) is 5.69 Å². The molecular formula is C10H14BrN3O2. The summed E-state index contributed by atoms with van der Waals surface area (Å²) >= 11 is 3.28. The number of carbonyl (C=O) groups excluding carboxylic acids is 1. The van der Waals surface area contributed by atoms with Crippen molar-refractivity contribution in [1.82, 2.24) is 9.78 Å². The number of halogens is 1. The zero-order valence-electron chi connectivity index (χ0n) is 9.29. The molecule has 0 bridgehead atoms. The highest BCUT2D eigenvalue weighted by Crippen LogP contribution is 2.10. The van der Waals surface area contributed by atoms with E-state index in [4.69, 9.17) is 5.73 Å². The third kappa shape index (κ3) is 2.49. The van der Waals surface area contributed by atoms with Crippen molar-refractivity contribution in [2.45, 2.75) is 26.8 Å². The number of hydrogen-bond donors (Lipinski definition) is 1. The highest BCUT2D eigenvalue weighted by atomic mass is 79.9. The Bertz CT molecular complexity index is 468. The van der Waals surface area contributed by atoms with Gasteiger partial charge in [0, 0.05) is 11.9 Å². The van der Waals surface area contributed by atoms with Crippen LogP contribution in [0.4, 0.5) is 5.69 Å². The second kappa shape index (κ2) is 5.25. The molecule has 0 aliphatic carbocycles. The fourth-order valence-electron chi connectivity index (χ4n) is 1.52. The van der Waals surface area contributed by atoms with Crippen molar-refractivity contribution in [3.05, 3.63) is 21.6 Å².